The van der Waals surface area contributed by atoms with Gasteiger partial charge in [0.2, 0.25) is 0 Å². The summed E-state index contributed by atoms with van der Waals surface area (Å²) >= 11 is 0. The zero-order valence-corrected chi connectivity index (χ0v) is 68.7. The molecule has 0 aromatic heterocycles. The maximum atomic E-state index is 13.1. The molecule has 3 N–H and O–H groups in total. The quantitative estimate of drug-likeness (QED) is 0.0222. The molecule has 0 amide bonds. The molecule has 606 valence electrons. The van der Waals surface area contributed by atoms with E-state index in [-0.39, 0.29) is 25.7 Å². The van der Waals surface area contributed by atoms with E-state index in [1.807, 2.05) is 0 Å². The van der Waals surface area contributed by atoms with Gasteiger partial charge in [-0.05, 0) is 37.5 Å². The minimum Gasteiger partial charge on any atom is -0.462 e. The molecule has 0 aromatic carbocycles. The number of carbonyl (C=O) groups excluding carboxylic acids is 4. The highest BCUT2D eigenvalue weighted by atomic mass is 31.2. The number of carbonyl (C=O) groups is 4. The number of aliphatic hydroxyl groups is 1. The second kappa shape index (κ2) is 74.5. The zero-order chi connectivity index (χ0) is 74.9. The van der Waals surface area contributed by atoms with Gasteiger partial charge in [-0.2, -0.15) is 0 Å². The molecule has 0 aliphatic heterocycles. The van der Waals surface area contributed by atoms with Crippen LogP contribution in [0.1, 0.15) is 440 Å². The average Bonchev–Trinajstić information content (AvgIpc) is 1.13. The Balaban J connectivity index is 5.21. The maximum absolute atomic E-state index is 13.1. The van der Waals surface area contributed by atoms with Crippen molar-refractivity contribution in [2.45, 2.75) is 458 Å². The molecule has 0 spiro atoms. The van der Waals surface area contributed by atoms with E-state index in [1.54, 1.807) is 0 Å². The van der Waals surface area contributed by atoms with Crippen LogP contribution in [0.4, 0.5) is 0 Å². The van der Waals surface area contributed by atoms with Crippen molar-refractivity contribution >= 4 is 39.5 Å². The molecular weight excluding hydrogens is 1330 g/mol. The molecule has 0 fully saturated rings. The van der Waals surface area contributed by atoms with Gasteiger partial charge in [0.25, 0.3) is 0 Å². The minimum absolute atomic E-state index is 0.106. The number of esters is 4. The van der Waals surface area contributed by atoms with E-state index < -0.39 is 97.5 Å². The normalized spacial score (nSPS) is 13.9. The Bertz CT molecular complexity index is 1960. The fourth-order valence-corrected chi connectivity index (χ4v) is 14.5. The molecule has 0 radical (unpaired) electrons. The Kier molecular flexibility index (Phi) is 73.1. The zero-order valence-electron chi connectivity index (χ0n) is 66.9. The molecule has 0 bridgehead atoms. The smallest absolute Gasteiger partial charge is 0.462 e. The van der Waals surface area contributed by atoms with Crippen LogP contribution < -0.4 is 0 Å². The van der Waals surface area contributed by atoms with Crippen LogP contribution in [0, 0.1) is 11.8 Å². The Morgan fingerprint density at radius 1 is 0.265 bits per heavy atom. The van der Waals surface area contributed by atoms with Crippen molar-refractivity contribution < 1.29 is 80.2 Å². The third-order valence-electron chi connectivity index (χ3n) is 19.5. The monoisotopic (exact) mass is 1490 g/mol. The lowest BCUT2D eigenvalue weighted by molar-refractivity contribution is -0.161. The van der Waals surface area contributed by atoms with Crippen molar-refractivity contribution in [3.8, 4) is 0 Å². The van der Waals surface area contributed by atoms with Crippen LogP contribution in [0.15, 0.2) is 0 Å². The molecular formula is C83H162O17P2. The highest BCUT2D eigenvalue weighted by molar-refractivity contribution is 7.47. The van der Waals surface area contributed by atoms with Gasteiger partial charge in [0, 0.05) is 25.7 Å². The van der Waals surface area contributed by atoms with E-state index in [1.165, 1.54) is 250 Å². The van der Waals surface area contributed by atoms with Crippen molar-refractivity contribution in [1.29, 1.82) is 0 Å². The number of ether oxygens (including phenoxy) is 4. The van der Waals surface area contributed by atoms with Gasteiger partial charge in [-0.1, -0.05) is 388 Å². The molecule has 0 heterocycles. The Labute approximate surface area is 626 Å². The van der Waals surface area contributed by atoms with Crippen molar-refractivity contribution in [3.63, 3.8) is 0 Å². The first-order valence-corrected chi connectivity index (χ1v) is 46.0. The van der Waals surface area contributed by atoms with Gasteiger partial charge in [0.1, 0.15) is 19.3 Å². The van der Waals surface area contributed by atoms with Crippen molar-refractivity contribution in [3.05, 3.63) is 0 Å². The maximum Gasteiger partial charge on any atom is 0.472 e. The third-order valence-corrected chi connectivity index (χ3v) is 21.4. The lowest BCUT2D eigenvalue weighted by Crippen LogP contribution is -2.30. The van der Waals surface area contributed by atoms with E-state index in [0.29, 0.717) is 31.6 Å². The number of rotatable bonds is 82. The SMILES string of the molecule is CCCCCCCCCCCCCCCCCCCCCCC(=O)O[C@H](COC(=O)CCCCCCCCCCCCCCCCCCCCC)COP(=O)(O)OC[C@@H](O)COP(=O)(O)OC[C@@H](COC(=O)CCCCCCCCC(C)C)OC(=O)CCCCCCCCCCCCCC(C)C. The lowest BCUT2D eigenvalue weighted by atomic mass is 10.0. The van der Waals surface area contributed by atoms with Crippen molar-refractivity contribution in [2.75, 3.05) is 39.6 Å². The number of phosphoric acid groups is 2. The molecule has 0 saturated heterocycles. The number of hydrogen-bond acceptors (Lipinski definition) is 15. The fraction of sp³-hybridized carbons (Fsp3) is 0.952. The molecule has 0 saturated carbocycles. The van der Waals surface area contributed by atoms with Crippen LogP contribution in [0.3, 0.4) is 0 Å². The summed E-state index contributed by atoms with van der Waals surface area (Å²) in [6.45, 7) is 9.56. The lowest BCUT2D eigenvalue weighted by Gasteiger charge is -2.21. The van der Waals surface area contributed by atoms with E-state index >= 15 is 0 Å². The van der Waals surface area contributed by atoms with E-state index in [0.717, 1.165) is 102 Å². The molecule has 102 heavy (non-hydrogen) atoms. The molecule has 0 aromatic rings. The number of phosphoric ester groups is 2. The first kappa shape index (κ1) is 100. The summed E-state index contributed by atoms with van der Waals surface area (Å²) in [6.07, 6.45) is 65.5. The van der Waals surface area contributed by atoms with Crippen LogP contribution >= 0.6 is 15.6 Å². The molecule has 17 nitrogen and oxygen atoms in total. The average molecular weight is 1490 g/mol. The fourth-order valence-electron chi connectivity index (χ4n) is 12.9. The number of aliphatic hydroxyl groups excluding tert-OH is 1. The van der Waals surface area contributed by atoms with Gasteiger partial charge in [-0.15, -0.1) is 0 Å². The van der Waals surface area contributed by atoms with E-state index in [2.05, 4.69) is 41.5 Å². The molecule has 0 aliphatic rings. The summed E-state index contributed by atoms with van der Waals surface area (Å²) in [5.74, 6) is -0.665. The second-order valence-corrected chi connectivity index (χ2v) is 33.7. The molecule has 5 atom stereocenters. The van der Waals surface area contributed by atoms with Gasteiger partial charge >= 0.3 is 39.5 Å². The Hall–Kier alpha value is -1.94. The first-order valence-electron chi connectivity index (χ1n) is 43.0. The summed E-state index contributed by atoms with van der Waals surface area (Å²) < 4.78 is 68.7. The predicted molar refractivity (Wildman–Crippen MR) is 418 cm³/mol. The topological polar surface area (TPSA) is 237 Å². The Morgan fingerprint density at radius 3 is 0.667 bits per heavy atom. The van der Waals surface area contributed by atoms with Crippen LogP contribution in [0.5, 0.6) is 0 Å². The minimum atomic E-state index is -4.96. The molecule has 19 heteroatoms. The standard InChI is InChI=1S/C83H162O17P2/c1-7-9-11-13-15-17-19-21-23-25-27-29-31-33-35-39-43-47-55-61-67-82(87)99-78(71-93-80(85)65-59-53-46-42-38-34-32-30-28-26-24-22-20-18-16-14-12-10-8-2)73-97-101(89,90)95-69-77(84)70-96-102(91,92)98-74-79(72-94-81(86)66-60-54-50-49-52-58-64-76(5)6)100-83(88)68-62-56-48-44-40-36-37-41-45-51-57-63-75(3)4/h75-79,84H,7-74H2,1-6H3,(H,89,90)(H,91,92)/t77-,78-,79-/m1/s1. The van der Waals surface area contributed by atoms with E-state index in [9.17, 15) is 43.2 Å². The third kappa shape index (κ3) is 76.3. The second-order valence-electron chi connectivity index (χ2n) is 30.8. The van der Waals surface area contributed by atoms with Crippen LogP contribution in [0.25, 0.3) is 0 Å². The van der Waals surface area contributed by atoms with Gasteiger partial charge < -0.3 is 33.8 Å². The van der Waals surface area contributed by atoms with Gasteiger partial charge in [-0.25, -0.2) is 9.13 Å². The largest absolute Gasteiger partial charge is 0.472 e. The number of unbranched alkanes of at least 4 members (excludes halogenated alkanes) is 52. The van der Waals surface area contributed by atoms with Gasteiger partial charge in [0.05, 0.1) is 26.4 Å². The van der Waals surface area contributed by atoms with Gasteiger partial charge in [-0.3, -0.25) is 37.3 Å². The Morgan fingerprint density at radius 2 is 0.451 bits per heavy atom. The number of hydrogen-bond donors (Lipinski definition) is 3. The summed E-state index contributed by atoms with van der Waals surface area (Å²) in [4.78, 5) is 73.0. The first-order chi connectivity index (χ1) is 49.4. The summed E-state index contributed by atoms with van der Waals surface area (Å²) in [7, 11) is -9.92. The van der Waals surface area contributed by atoms with Crippen LogP contribution in [-0.4, -0.2) is 96.7 Å². The molecule has 0 rings (SSSR count). The van der Waals surface area contributed by atoms with Gasteiger partial charge in [0.15, 0.2) is 12.2 Å². The summed E-state index contributed by atoms with van der Waals surface area (Å²) in [6, 6.07) is 0. The summed E-state index contributed by atoms with van der Waals surface area (Å²) in [5, 5.41) is 10.6. The highest BCUT2D eigenvalue weighted by Crippen LogP contribution is 2.45. The van der Waals surface area contributed by atoms with Crippen LogP contribution in [0.2, 0.25) is 0 Å². The van der Waals surface area contributed by atoms with Crippen molar-refractivity contribution in [2.24, 2.45) is 11.8 Å². The van der Waals surface area contributed by atoms with E-state index in [4.69, 9.17) is 37.0 Å². The molecule has 0 aliphatic carbocycles. The summed E-state index contributed by atoms with van der Waals surface area (Å²) in [5.41, 5.74) is 0. The van der Waals surface area contributed by atoms with Crippen molar-refractivity contribution in [1.82, 2.24) is 0 Å². The molecule has 2 unspecified atom stereocenters. The van der Waals surface area contributed by atoms with Crippen LogP contribution in [-0.2, 0) is 65.4 Å². The highest BCUT2D eigenvalue weighted by Gasteiger charge is 2.30. The predicted octanol–water partition coefficient (Wildman–Crippen LogP) is 25.1.